The molecule has 0 bridgehead atoms. The van der Waals surface area contributed by atoms with Crippen molar-refractivity contribution in [2.45, 2.75) is 46.0 Å². The Morgan fingerprint density at radius 2 is 1.62 bits per heavy atom. The van der Waals surface area contributed by atoms with E-state index in [0.717, 1.165) is 28.1 Å². The third-order valence-corrected chi connectivity index (χ3v) is 4.86. The Balaban J connectivity index is 1.84. The molecule has 2 amide bonds. The minimum atomic E-state index is -0.162. The lowest BCUT2D eigenvalue weighted by Crippen LogP contribution is -2.35. The number of carbonyl (C=O) groups is 2. The highest BCUT2D eigenvalue weighted by Gasteiger charge is 2.28. The molecule has 0 fully saturated rings. The summed E-state index contributed by atoms with van der Waals surface area (Å²) < 4.78 is 0. The van der Waals surface area contributed by atoms with Crippen molar-refractivity contribution >= 4 is 23.2 Å². The molecule has 1 heterocycles. The average Bonchev–Trinajstić information content (AvgIpc) is 2.90. The number of benzene rings is 2. The number of nitrogens with zero attached hydrogens (tertiary/aromatic N) is 1. The summed E-state index contributed by atoms with van der Waals surface area (Å²) in [6.45, 7) is 8.52. The molecule has 0 radical (unpaired) electrons. The zero-order valence-electron chi connectivity index (χ0n) is 15.9. The zero-order valence-corrected chi connectivity index (χ0v) is 15.9. The van der Waals surface area contributed by atoms with Crippen molar-refractivity contribution in [2.24, 2.45) is 0 Å². The first-order valence-electron chi connectivity index (χ1n) is 9.19. The standard InChI is InChI=1S/C22H26N2O2/c1-14(2)17-9-7-10-18(15(3)4)22(17)23-20(25)13-24-19-11-6-5-8-16(19)12-21(24)26/h5-11,14-15H,12-13H2,1-4H3,(H,23,25). The van der Waals surface area contributed by atoms with Crippen LogP contribution in [0.25, 0.3) is 0 Å². The normalized spacial score (nSPS) is 13.5. The van der Waals surface area contributed by atoms with Crippen LogP contribution in [0.15, 0.2) is 42.5 Å². The van der Waals surface area contributed by atoms with E-state index in [9.17, 15) is 9.59 Å². The van der Waals surface area contributed by atoms with E-state index < -0.39 is 0 Å². The van der Waals surface area contributed by atoms with Gasteiger partial charge in [-0.15, -0.1) is 0 Å². The van der Waals surface area contributed by atoms with E-state index in [1.165, 1.54) is 0 Å². The lowest BCUT2D eigenvalue weighted by Gasteiger charge is -2.22. The van der Waals surface area contributed by atoms with E-state index in [-0.39, 0.29) is 18.4 Å². The Kier molecular flexibility index (Phi) is 5.12. The third-order valence-electron chi connectivity index (χ3n) is 4.86. The minimum absolute atomic E-state index is 0.0254. The molecular formula is C22H26N2O2. The first-order valence-corrected chi connectivity index (χ1v) is 9.19. The van der Waals surface area contributed by atoms with Crippen molar-refractivity contribution in [1.82, 2.24) is 0 Å². The van der Waals surface area contributed by atoms with Gasteiger partial charge < -0.3 is 10.2 Å². The summed E-state index contributed by atoms with van der Waals surface area (Å²) in [4.78, 5) is 26.7. The molecule has 1 N–H and O–H groups in total. The number of rotatable bonds is 5. The van der Waals surface area contributed by atoms with E-state index >= 15 is 0 Å². The van der Waals surface area contributed by atoms with Crippen LogP contribution >= 0.6 is 0 Å². The molecule has 0 aliphatic carbocycles. The lowest BCUT2D eigenvalue weighted by atomic mass is 9.92. The molecule has 0 spiro atoms. The molecule has 2 aromatic rings. The quantitative estimate of drug-likeness (QED) is 0.865. The van der Waals surface area contributed by atoms with Gasteiger partial charge in [-0.25, -0.2) is 0 Å². The molecule has 3 rings (SSSR count). The van der Waals surface area contributed by atoms with E-state index in [1.807, 2.05) is 30.3 Å². The summed E-state index contributed by atoms with van der Waals surface area (Å²) in [5, 5.41) is 3.09. The Bertz CT molecular complexity index is 814. The molecule has 2 aromatic carbocycles. The Morgan fingerprint density at radius 3 is 2.23 bits per heavy atom. The second-order valence-electron chi connectivity index (χ2n) is 7.45. The number of para-hydroxylation sites is 2. The first kappa shape index (κ1) is 18.2. The summed E-state index contributed by atoms with van der Waals surface area (Å²) >= 11 is 0. The number of hydrogen-bond donors (Lipinski definition) is 1. The largest absolute Gasteiger partial charge is 0.324 e. The van der Waals surface area contributed by atoms with Crippen molar-refractivity contribution in [3.63, 3.8) is 0 Å². The van der Waals surface area contributed by atoms with Crippen molar-refractivity contribution in [1.29, 1.82) is 0 Å². The van der Waals surface area contributed by atoms with Crippen LogP contribution in [0.1, 0.15) is 56.2 Å². The van der Waals surface area contributed by atoms with Crippen molar-refractivity contribution in [2.75, 3.05) is 16.8 Å². The van der Waals surface area contributed by atoms with E-state index in [1.54, 1.807) is 4.90 Å². The second kappa shape index (κ2) is 7.32. The SMILES string of the molecule is CC(C)c1cccc(C(C)C)c1NC(=O)CN1C(=O)Cc2ccccc21. The topological polar surface area (TPSA) is 49.4 Å². The minimum Gasteiger partial charge on any atom is -0.324 e. The van der Waals surface area contributed by atoms with Gasteiger partial charge >= 0.3 is 0 Å². The van der Waals surface area contributed by atoms with E-state index in [4.69, 9.17) is 0 Å². The molecule has 0 saturated heterocycles. The molecule has 0 unspecified atom stereocenters. The fourth-order valence-electron chi connectivity index (χ4n) is 3.51. The monoisotopic (exact) mass is 350 g/mol. The van der Waals surface area contributed by atoms with E-state index in [2.05, 4.69) is 45.1 Å². The number of fused-ring (bicyclic) bond motifs is 1. The van der Waals surface area contributed by atoms with Crippen LogP contribution in [0.4, 0.5) is 11.4 Å². The maximum atomic E-state index is 12.8. The number of anilines is 2. The van der Waals surface area contributed by atoms with Gasteiger partial charge in [0.1, 0.15) is 6.54 Å². The van der Waals surface area contributed by atoms with Crippen LogP contribution in [0.5, 0.6) is 0 Å². The number of carbonyl (C=O) groups excluding carboxylic acids is 2. The fraction of sp³-hybridized carbons (Fsp3) is 0.364. The Morgan fingerprint density at radius 1 is 1.00 bits per heavy atom. The predicted octanol–water partition coefficient (Wildman–Crippen LogP) is 4.46. The molecule has 136 valence electrons. The van der Waals surface area contributed by atoms with Gasteiger partial charge in [-0.1, -0.05) is 64.1 Å². The number of nitrogens with one attached hydrogen (secondary N) is 1. The molecule has 26 heavy (non-hydrogen) atoms. The van der Waals surface area contributed by atoms with Gasteiger partial charge in [0.15, 0.2) is 0 Å². The van der Waals surface area contributed by atoms with Crippen LogP contribution in [0.2, 0.25) is 0 Å². The van der Waals surface area contributed by atoms with Crippen LogP contribution in [-0.4, -0.2) is 18.4 Å². The summed E-state index contributed by atoms with van der Waals surface area (Å²) in [5.74, 6) is 0.420. The van der Waals surface area contributed by atoms with Gasteiger partial charge in [0, 0.05) is 11.4 Å². The van der Waals surface area contributed by atoms with Crippen LogP contribution in [-0.2, 0) is 16.0 Å². The highest BCUT2D eigenvalue weighted by atomic mass is 16.2. The number of hydrogen-bond acceptors (Lipinski definition) is 2. The summed E-state index contributed by atoms with van der Waals surface area (Å²) in [5.41, 5.74) is 4.96. The highest BCUT2D eigenvalue weighted by molar-refractivity contribution is 6.07. The summed E-state index contributed by atoms with van der Waals surface area (Å²) in [6.07, 6.45) is 0.364. The van der Waals surface area contributed by atoms with Crippen LogP contribution < -0.4 is 10.2 Å². The maximum Gasteiger partial charge on any atom is 0.244 e. The summed E-state index contributed by atoms with van der Waals surface area (Å²) in [6, 6.07) is 13.8. The maximum absolute atomic E-state index is 12.8. The third kappa shape index (κ3) is 3.50. The molecule has 0 atom stereocenters. The molecule has 1 aliphatic rings. The highest BCUT2D eigenvalue weighted by Crippen LogP contribution is 2.33. The Hall–Kier alpha value is -2.62. The van der Waals surface area contributed by atoms with Gasteiger partial charge in [0.25, 0.3) is 0 Å². The van der Waals surface area contributed by atoms with Crippen LogP contribution in [0, 0.1) is 0 Å². The average molecular weight is 350 g/mol. The number of amides is 2. The zero-order chi connectivity index (χ0) is 18.8. The van der Waals surface area contributed by atoms with Crippen molar-refractivity contribution in [3.8, 4) is 0 Å². The lowest BCUT2D eigenvalue weighted by molar-refractivity contribution is -0.120. The second-order valence-corrected chi connectivity index (χ2v) is 7.45. The predicted molar refractivity (Wildman–Crippen MR) is 106 cm³/mol. The smallest absolute Gasteiger partial charge is 0.244 e. The Labute approximate surface area is 155 Å². The van der Waals surface area contributed by atoms with Gasteiger partial charge in [-0.3, -0.25) is 9.59 Å². The van der Waals surface area contributed by atoms with Gasteiger partial charge in [-0.2, -0.15) is 0 Å². The molecule has 0 aromatic heterocycles. The first-order chi connectivity index (χ1) is 12.4. The molecular weight excluding hydrogens is 324 g/mol. The van der Waals surface area contributed by atoms with Crippen LogP contribution in [0.3, 0.4) is 0 Å². The van der Waals surface area contributed by atoms with Gasteiger partial charge in [0.2, 0.25) is 11.8 Å². The van der Waals surface area contributed by atoms with Gasteiger partial charge in [0.05, 0.1) is 6.42 Å². The molecule has 0 saturated carbocycles. The van der Waals surface area contributed by atoms with E-state index in [0.29, 0.717) is 18.3 Å². The molecule has 4 heteroatoms. The fourth-order valence-corrected chi connectivity index (χ4v) is 3.51. The molecule has 1 aliphatic heterocycles. The molecule has 4 nitrogen and oxygen atoms in total. The van der Waals surface area contributed by atoms with Crippen molar-refractivity contribution in [3.05, 3.63) is 59.2 Å². The summed E-state index contributed by atoms with van der Waals surface area (Å²) in [7, 11) is 0. The van der Waals surface area contributed by atoms with Gasteiger partial charge in [-0.05, 0) is 34.6 Å². The van der Waals surface area contributed by atoms with Crippen molar-refractivity contribution < 1.29 is 9.59 Å².